The molecule has 0 saturated heterocycles. The standard InChI is InChI=1S/C15H20BrN/c1-12(4-3-9-17-15-7-8-15)10-13-5-2-6-14(16)11-13/h2,4-6,11,15,17H,3,7-10H2,1H3. The molecule has 92 valence electrons. The van der Waals surface area contributed by atoms with Crippen LogP contribution in [0.25, 0.3) is 0 Å². The number of nitrogens with one attached hydrogen (secondary N) is 1. The molecule has 1 aliphatic rings. The van der Waals surface area contributed by atoms with E-state index in [-0.39, 0.29) is 0 Å². The van der Waals surface area contributed by atoms with Gasteiger partial charge in [0.25, 0.3) is 0 Å². The highest BCUT2D eigenvalue weighted by Gasteiger charge is 2.19. The maximum absolute atomic E-state index is 3.53. The van der Waals surface area contributed by atoms with Gasteiger partial charge in [0.05, 0.1) is 0 Å². The fourth-order valence-electron chi connectivity index (χ4n) is 1.93. The minimum atomic E-state index is 0.828. The molecule has 0 aliphatic heterocycles. The molecular weight excluding hydrogens is 274 g/mol. The van der Waals surface area contributed by atoms with Gasteiger partial charge in [0.2, 0.25) is 0 Å². The minimum Gasteiger partial charge on any atom is -0.314 e. The first-order valence-electron chi connectivity index (χ1n) is 6.37. The number of halogens is 1. The second-order valence-corrected chi connectivity index (χ2v) is 5.79. The second kappa shape index (κ2) is 6.36. The van der Waals surface area contributed by atoms with Crippen LogP contribution in [0.2, 0.25) is 0 Å². The molecule has 1 N–H and O–H groups in total. The van der Waals surface area contributed by atoms with Gasteiger partial charge < -0.3 is 5.32 Å². The van der Waals surface area contributed by atoms with Gasteiger partial charge in [-0.2, -0.15) is 0 Å². The third-order valence-electron chi connectivity index (χ3n) is 3.02. The molecule has 1 nitrogen and oxygen atoms in total. The first-order chi connectivity index (χ1) is 8.24. The van der Waals surface area contributed by atoms with Gasteiger partial charge >= 0.3 is 0 Å². The monoisotopic (exact) mass is 293 g/mol. The maximum atomic E-state index is 3.53. The Hall–Kier alpha value is -0.600. The molecule has 2 rings (SSSR count). The highest BCUT2D eigenvalue weighted by molar-refractivity contribution is 9.10. The van der Waals surface area contributed by atoms with E-state index in [1.165, 1.54) is 28.5 Å². The number of rotatable bonds is 6. The first kappa shape index (κ1) is 12.8. The van der Waals surface area contributed by atoms with Crippen molar-refractivity contribution < 1.29 is 0 Å². The van der Waals surface area contributed by atoms with Crippen LogP contribution >= 0.6 is 15.9 Å². The van der Waals surface area contributed by atoms with Crippen LogP contribution < -0.4 is 5.32 Å². The van der Waals surface area contributed by atoms with Gasteiger partial charge in [-0.3, -0.25) is 0 Å². The van der Waals surface area contributed by atoms with Crippen molar-refractivity contribution in [2.45, 2.75) is 38.6 Å². The summed E-state index contributed by atoms with van der Waals surface area (Å²) in [5.74, 6) is 0. The smallest absolute Gasteiger partial charge is 0.0178 e. The average molecular weight is 294 g/mol. The van der Waals surface area contributed by atoms with E-state index < -0.39 is 0 Å². The topological polar surface area (TPSA) is 12.0 Å². The lowest BCUT2D eigenvalue weighted by Gasteiger charge is -2.04. The normalized spacial score (nSPS) is 16.2. The summed E-state index contributed by atoms with van der Waals surface area (Å²) in [5.41, 5.74) is 2.84. The maximum Gasteiger partial charge on any atom is 0.0178 e. The molecule has 0 unspecified atom stereocenters. The largest absolute Gasteiger partial charge is 0.314 e. The SMILES string of the molecule is CC(=CCCNC1CC1)Cc1cccc(Br)c1. The van der Waals surface area contributed by atoms with E-state index in [1.54, 1.807) is 0 Å². The van der Waals surface area contributed by atoms with Crippen LogP contribution in [0.15, 0.2) is 40.4 Å². The van der Waals surface area contributed by atoms with Crippen LogP contribution in [0.1, 0.15) is 31.7 Å². The fourth-order valence-corrected chi connectivity index (χ4v) is 2.38. The third-order valence-corrected chi connectivity index (χ3v) is 3.51. The molecule has 1 saturated carbocycles. The average Bonchev–Trinajstić information content (AvgIpc) is 3.08. The van der Waals surface area contributed by atoms with E-state index in [0.29, 0.717) is 0 Å². The highest BCUT2D eigenvalue weighted by Crippen LogP contribution is 2.18. The summed E-state index contributed by atoms with van der Waals surface area (Å²) in [4.78, 5) is 0. The lowest BCUT2D eigenvalue weighted by atomic mass is 10.1. The highest BCUT2D eigenvalue weighted by atomic mass is 79.9. The number of benzene rings is 1. The van der Waals surface area contributed by atoms with Crippen molar-refractivity contribution >= 4 is 15.9 Å². The predicted octanol–water partition coefficient (Wildman–Crippen LogP) is 4.08. The molecule has 1 aliphatic carbocycles. The summed E-state index contributed by atoms with van der Waals surface area (Å²) in [7, 11) is 0. The first-order valence-corrected chi connectivity index (χ1v) is 7.17. The second-order valence-electron chi connectivity index (χ2n) is 4.87. The van der Waals surface area contributed by atoms with E-state index in [4.69, 9.17) is 0 Å². The van der Waals surface area contributed by atoms with Crippen molar-refractivity contribution in [3.63, 3.8) is 0 Å². The van der Waals surface area contributed by atoms with Crippen LogP contribution in [0, 0.1) is 0 Å². The van der Waals surface area contributed by atoms with Gasteiger partial charge in [0.15, 0.2) is 0 Å². The molecule has 1 aromatic carbocycles. The molecule has 0 atom stereocenters. The Labute approximate surface area is 112 Å². The van der Waals surface area contributed by atoms with Gasteiger partial charge in [-0.1, -0.05) is 39.7 Å². The van der Waals surface area contributed by atoms with Gasteiger partial charge in [-0.15, -0.1) is 0 Å². The molecule has 0 heterocycles. The van der Waals surface area contributed by atoms with E-state index in [9.17, 15) is 0 Å². The van der Waals surface area contributed by atoms with Gasteiger partial charge in [0.1, 0.15) is 0 Å². The minimum absolute atomic E-state index is 0.828. The van der Waals surface area contributed by atoms with Gasteiger partial charge in [-0.05, 0) is 56.8 Å². The van der Waals surface area contributed by atoms with Crippen molar-refractivity contribution in [1.82, 2.24) is 5.32 Å². The summed E-state index contributed by atoms with van der Waals surface area (Å²) in [6.45, 7) is 3.35. The Bertz CT molecular complexity index is 394. The van der Waals surface area contributed by atoms with E-state index in [0.717, 1.165) is 25.4 Å². The van der Waals surface area contributed by atoms with E-state index >= 15 is 0 Å². The Morgan fingerprint density at radius 1 is 1.47 bits per heavy atom. The fraction of sp³-hybridized carbons (Fsp3) is 0.467. The molecule has 17 heavy (non-hydrogen) atoms. The van der Waals surface area contributed by atoms with Crippen LogP contribution in [0.3, 0.4) is 0 Å². The quantitative estimate of drug-likeness (QED) is 0.616. The molecule has 0 bridgehead atoms. The van der Waals surface area contributed by atoms with Crippen molar-refractivity contribution in [3.8, 4) is 0 Å². The zero-order valence-electron chi connectivity index (χ0n) is 10.4. The zero-order valence-corrected chi connectivity index (χ0v) is 12.0. The third kappa shape index (κ3) is 5.05. The molecule has 0 spiro atoms. The Kier molecular flexibility index (Phi) is 4.81. The van der Waals surface area contributed by atoms with E-state index in [1.807, 2.05) is 0 Å². The molecule has 2 heteroatoms. The predicted molar refractivity (Wildman–Crippen MR) is 77.2 cm³/mol. The Balaban J connectivity index is 1.74. The van der Waals surface area contributed by atoms with E-state index in [2.05, 4.69) is 58.5 Å². The molecule has 0 aromatic heterocycles. The summed E-state index contributed by atoms with van der Waals surface area (Å²) in [5, 5.41) is 3.53. The molecular formula is C15H20BrN. The van der Waals surface area contributed by atoms with Crippen molar-refractivity contribution in [2.24, 2.45) is 0 Å². The summed E-state index contributed by atoms with van der Waals surface area (Å²) in [6, 6.07) is 9.38. The number of hydrogen-bond acceptors (Lipinski definition) is 1. The summed E-state index contributed by atoms with van der Waals surface area (Å²) >= 11 is 3.51. The van der Waals surface area contributed by atoms with Crippen molar-refractivity contribution in [2.75, 3.05) is 6.54 Å². The van der Waals surface area contributed by atoms with Crippen LogP contribution in [0.5, 0.6) is 0 Å². The molecule has 1 aromatic rings. The van der Waals surface area contributed by atoms with Gasteiger partial charge in [-0.25, -0.2) is 0 Å². The molecule has 0 radical (unpaired) electrons. The Morgan fingerprint density at radius 3 is 3.00 bits per heavy atom. The van der Waals surface area contributed by atoms with Crippen molar-refractivity contribution in [3.05, 3.63) is 46.0 Å². The van der Waals surface area contributed by atoms with Crippen LogP contribution in [-0.2, 0) is 6.42 Å². The number of allylic oxidation sites excluding steroid dienone is 1. The zero-order chi connectivity index (χ0) is 12.1. The summed E-state index contributed by atoms with van der Waals surface area (Å²) < 4.78 is 1.17. The summed E-state index contributed by atoms with van der Waals surface area (Å²) in [6.07, 6.45) is 7.32. The lowest BCUT2D eigenvalue weighted by Crippen LogP contribution is -2.16. The molecule has 1 fully saturated rings. The van der Waals surface area contributed by atoms with Crippen LogP contribution in [-0.4, -0.2) is 12.6 Å². The van der Waals surface area contributed by atoms with Gasteiger partial charge in [0, 0.05) is 10.5 Å². The lowest BCUT2D eigenvalue weighted by molar-refractivity contribution is 0.688. The van der Waals surface area contributed by atoms with Crippen LogP contribution in [0.4, 0.5) is 0 Å². The Morgan fingerprint density at radius 2 is 2.29 bits per heavy atom. The molecule has 0 amide bonds. The van der Waals surface area contributed by atoms with Crippen molar-refractivity contribution in [1.29, 1.82) is 0 Å². The number of hydrogen-bond donors (Lipinski definition) is 1.